The minimum absolute atomic E-state index is 0.0327. The monoisotopic (exact) mass is 579 g/mol. The van der Waals surface area contributed by atoms with Crippen molar-refractivity contribution in [2.24, 2.45) is 11.8 Å². The molecule has 8 heteroatoms. The Balaban J connectivity index is 1.59. The number of benzene rings is 2. The number of aliphatic hydroxyl groups excluding tert-OH is 1. The average molecular weight is 580 g/mol. The zero-order valence-electron chi connectivity index (χ0n) is 25.8. The molecule has 0 unspecified atom stereocenters. The van der Waals surface area contributed by atoms with Crippen molar-refractivity contribution in [1.82, 2.24) is 9.80 Å². The summed E-state index contributed by atoms with van der Waals surface area (Å²) in [5.41, 5.74) is 1.83. The van der Waals surface area contributed by atoms with Gasteiger partial charge in [-0.15, -0.1) is 0 Å². The summed E-state index contributed by atoms with van der Waals surface area (Å²) in [6, 6.07) is 14.4. The molecule has 2 aliphatic rings. The topological polar surface area (TPSA) is 91.3 Å². The number of amides is 2. The van der Waals surface area contributed by atoms with Gasteiger partial charge in [0.1, 0.15) is 5.75 Å². The first-order valence-electron chi connectivity index (χ1n) is 15.6. The van der Waals surface area contributed by atoms with E-state index >= 15 is 0 Å². The van der Waals surface area contributed by atoms with E-state index < -0.39 is 6.04 Å². The van der Waals surface area contributed by atoms with Crippen LogP contribution in [-0.2, 0) is 16.0 Å². The number of carbonyl (C=O) groups excluding carboxylic acids is 2. The van der Waals surface area contributed by atoms with E-state index in [4.69, 9.17) is 9.47 Å². The van der Waals surface area contributed by atoms with Gasteiger partial charge >= 0.3 is 0 Å². The molecule has 230 valence electrons. The number of hydrogen-bond acceptors (Lipinski definition) is 6. The van der Waals surface area contributed by atoms with E-state index in [1.54, 1.807) is 23.1 Å². The van der Waals surface area contributed by atoms with Crippen molar-refractivity contribution in [3.8, 4) is 5.75 Å². The fourth-order valence-corrected chi connectivity index (χ4v) is 5.57. The van der Waals surface area contributed by atoms with Crippen molar-refractivity contribution in [3.05, 3.63) is 59.7 Å². The highest BCUT2D eigenvalue weighted by Crippen LogP contribution is 2.30. The molecule has 1 fully saturated rings. The van der Waals surface area contributed by atoms with Crippen LogP contribution < -0.4 is 10.1 Å². The lowest BCUT2D eigenvalue weighted by Gasteiger charge is -2.36. The summed E-state index contributed by atoms with van der Waals surface area (Å²) in [5.74, 6) is 0.937. The van der Waals surface area contributed by atoms with E-state index in [1.807, 2.05) is 44.2 Å². The molecule has 2 amide bonds. The number of nitrogens with one attached hydrogen (secondary N) is 1. The van der Waals surface area contributed by atoms with Crippen LogP contribution in [0.3, 0.4) is 0 Å². The first-order chi connectivity index (χ1) is 20.2. The lowest BCUT2D eigenvalue weighted by molar-refractivity contribution is -0.115. The van der Waals surface area contributed by atoms with Crippen LogP contribution >= 0.6 is 0 Å². The number of hydrogen-bond donors (Lipinski definition) is 2. The van der Waals surface area contributed by atoms with Crippen molar-refractivity contribution >= 4 is 17.5 Å². The van der Waals surface area contributed by atoms with Gasteiger partial charge in [-0.25, -0.2) is 0 Å². The third kappa shape index (κ3) is 9.54. The van der Waals surface area contributed by atoms with E-state index in [2.05, 4.69) is 24.2 Å². The Kier molecular flexibility index (Phi) is 11.8. The second kappa shape index (κ2) is 15.5. The van der Waals surface area contributed by atoms with E-state index in [1.165, 1.54) is 12.8 Å². The lowest BCUT2D eigenvalue weighted by atomic mass is 10.0. The molecular weight excluding hydrogens is 530 g/mol. The van der Waals surface area contributed by atoms with Gasteiger partial charge in [-0.05, 0) is 82.7 Å². The molecule has 2 N–H and O–H groups in total. The first kappa shape index (κ1) is 32.0. The quantitative estimate of drug-likeness (QED) is 0.434. The summed E-state index contributed by atoms with van der Waals surface area (Å²) < 4.78 is 12.8. The molecule has 1 aliphatic heterocycles. The van der Waals surface area contributed by atoms with Gasteiger partial charge in [0.2, 0.25) is 5.91 Å². The molecule has 0 spiro atoms. The molecule has 42 heavy (non-hydrogen) atoms. The van der Waals surface area contributed by atoms with Gasteiger partial charge in [0.25, 0.3) is 5.91 Å². The molecule has 0 saturated heterocycles. The number of likely N-dealkylation sites (N-methyl/N-ethyl adjacent to an activating group) is 1. The Morgan fingerprint density at radius 3 is 2.57 bits per heavy atom. The van der Waals surface area contributed by atoms with Crippen LogP contribution in [0.1, 0.15) is 68.8 Å². The number of anilines is 1. The molecule has 4 atom stereocenters. The highest BCUT2D eigenvalue weighted by molar-refractivity contribution is 6.00. The van der Waals surface area contributed by atoms with Gasteiger partial charge in [-0.2, -0.15) is 0 Å². The maximum absolute atomic E-state index is 14.2. The van der Waals surface area contributed by atoms with Gasteiger partial charge in [0, 0.05) is 37.8 Å². The van der Waals surface area contributed by atoms with Gasteiger partial charge < -0.3 is 29.7 Å². The standard InChI is InChI=1S/C34H49N3O5/c1-24-20-37(25(2)23-38)34(40)30-19-29(35-33(39)18-27-11-6-5-7-12-27)15-16-31(30)42-26(3)10-8-9-17-41-32(24)22-36(4)21-28-13-14-28/h5-7,11-12,15-16,19,24-26,28,32,38H,8-10,13-14,17-18,20-23H2,1-4H3,(H,35,39)/t24-,25+,26+,32+/m0/s1. The van der Waals surface area contributed by atoms with Crippen LogP contribution in [0, 0.1) is 11.8 Å². The minimum Gasteiger partial charge on any atom is -0.490 e. The zero-order chi connectivity index (χ0) is 30.1. The third-order valence-electron chi connectivity index (χ3n) is 8.30. The summed E-state index contributed by atoms with van der Waals surface area (Å²) in [6.45, 7) is 8.83. The average Bonchev–Trinajstić information content (AvgIpc) is 3.79. The van der Waals surface area contributed by atoms with Crippen LogP contribution in [0.2, 0.25) is 0 Å². The van der Waals surface area contributed by atoms with Crippen LogP contribution in [-0.4, -0.2) is 84.9 Å². The molecule has 1 heterocycles. The molecular formula is C34H49N3O5. The van der Waals surface area contributed by atoms with Crippen molar-refractivity contribution in [1.29, 1.82) is 0 Å². The summed E-state index contributed by atoms with van der Waals surface area (Å²) >= 11 is 0. The number of ether oxygens (including phenoxy) is 2. The van der Waals surface area contributed by atoms with Crippen molar-refractivity contribution in [2.45, 2.75) is 77.5 Å². The third-order valence-corrected chi connectivity index (χ3v) is 8.30. The van der Waals surface area contributed by atoms with E-state index in [0.29, 0.717) is 30.2 Å². The Morgan fingerprint density at radius 1 is 1.10 bits per heavy atom. The Bertz CT molecular complexity index is 1160. The van der Waals surface area contributed by atoms with Gasteiger partial charge in [0.05, 0.1) is 36.8 Å². The van der Waals surface area contributed by atoms with Crippen LogP contribution in [0.15, 0.2) is 48.5 Å². The largest absolute Gasteiger partial charge is 0.490 e. The number of carbonyl (C=O) groups is 2. The molecule has 2 aromatic rings. The summed E-state index contributed by atoms with van der Waals surface area (Å²) in [7, 11) is 2.15. The zero-order valence-corrected chi connectivity index (χ0v) is 25.8. The predicted octanol–water partition coefficient (Wildman–Crippen LogP) is 5.01. The van der Waals surface area contributed by atoms with E-state index in [0.717, 1.165) is 43.8 Å². The van der Waals surface area contributed by atoms with E-state index in [9.17, 15) is 14.7 Å². The predicted molar refractivity (Wildman–Crippen MR) is 166 cm³/mol. The van der Waals surface area contributed by atoms with Crippen LogP contribution in [0.25, 0.3) is 0 Å². The molecule has 0 radical (unpaired) electrons. The number of aliphatic hydroxyl groups is 1. The fourth-order valence-electron chi connectivity index (χ4n) is 5.57. The summed E-state index contributed by atoms with van der Waals surface area (Å²) in [4.78, 5) is 31.2. The lowest BCUT2D eigenvalue weighted by Crippen LogP contribution is -2.47. The molecule has 4 rings (SSSR count). The Hall–Kier alpha value is -2.94. The normalized spacial score (nSPS) is 23.0. The molecule has 2 aromatic carbocycles. The summed E-state index contributed by atoms with van der Waals surface area (Å²) in [6.07, 6.45) is 5.46. The number of nitrogens with zero attached hydrogens (tertiary/aromatic N) is 2. The molecule has 1 aliphatic carbocycles. The fraction of sp³-hybridized carbons (Fsp3) is 0.588. The first-order valence-corrected chi connectivity index (χ1v) is 15.6. The van der Waals surface area contributed by atoms with Crippen LogP contribution in [0.5, 0.6) is 5.75 Å². The highest BCUT2D eigenvalue weighted by atomic mass is 16.5. The number of fused-ring (bicyclic) bond motifs is 1. The molecule has 8 nitrogen and oxygen atoms in total. The van der Waals surface area contributed by atoms with Gasteiger partial charge in [-0.3, -0.25) is 9.59 Å². The molecule has 0 aromatic heterocycles. The maximum Gasteiger partial charge on any atom is 0.258 e. The second-order valence-corrected chi connectivity index (χ2v) is 12.4. The van der Waals surface area contributed by atoms with Gasteiger partial charge in [0.15, 0.2) is 0 Å². The summed E-state index contributed by atoms with van der Waals surface area (Å²) in [5, 5.41) is 13.1. The minimum atomic E-state index is -0.403. The van der Waals surface area contributed by atoms with E-state index in [-0.39, 0.29) is 43.0 Å². The molecule has 0 bridgehead atoms. The van der Waals surface area contributed by atoms with Crippen LogP contribution in [0.4, 0.5) is 5.69 Å². The van der Waals surface area contributed by atoms with Crippen molar-refractivity contribution in [2.75, 3.05) is 45.2 Å². The Morgan fingerprint density at radius 2 is 1.86 bits per heavy atom. The highest BCUT2D eigenvalue weighted by Gasteiger charge is 2.31. The second-order valence-electron chi connectivity index (χ2n) is 12.4. The molecule has 1 saturated carbocycles. The SMILES string of the molecule is C[C@@H]1CCCCO[C@H](CN(C)CC2CC2)[C@@H](C)CN([C@H](C)CO)C(=O)c2cc(NC(=O)Cc3ccccc3)ccc2O1. The maximum atomic E-state index is 14.2. The smallest absolute Gasteiger partial charge is 0.258 e. The van der Waals surface area contributed by atoms with Crippen molar-refractivity contribution < 1.29 is 24.2 Å². The van der Waals surface area contributed by atoms with Gasteiger partial charge in [-0.1, -0.05) is 37.3 Å². The Labute approximate surface area is 251 Å². The van der Waals surface area contributed by atoms with Crippen molar-refractivity contribution in [3.63, 3.8) is 0 Å². The number of rotatable bonds is 9.